The highest BCUT2D eigenvalue weighted by Crippen LogP contribution is 2.23. The van der Waals surface area contributed by atoms with E-state index in [1.807, 2.05) is 23.1 Å². The van der Waals surface area contributed by atoms with Crippen LogP contribution in [0.2, 0.25) is 0 Å². The Morgan fingerprint density at radius 3 is 2.42 bits per heavy atom. The largest absolute Gasteiger partial charge is 0.358 e. The second-order valence-corrected chi connectivity index (χ2v) is 7.01. The van der Waals surface area contributed by atoms with E-state index < -0.39 is 0 Å². The van der Waals surface area contributed by atoms with Crippen LogP contribution in [0.15, 0.2) is 67.0 Å². The number of hydrogen-bond donors (Lipinski definition) is 1. The number of piperidine rings is 1. The lowest BCUT2D eigenvalue weighted by atomic mass is 10.0. The molecule has 1 amide bonds. The van der Waals surface area contributed by atoms with Crippen LogP contribution < -0.4 is 0 Å². The third kappa shape index (κ3) is 3.74. The SMILES string of the molecule is O=C(CCc1ccc(-c2ccccc2)[nH]1)N1CCC(n2cccc2)CC1. The van der Waals surface area contributed by atoms with Crippen molar-refractivity contribution in [2.75, 3.05) is 13.1 Å². The fourth-order valence-corrected chi connectivity index (χ4v) is 3.78. The molecule has 1 fully saturated rings. The molecule has 4 nitrogen and oxygen atoms in total. The van der Waals surface area contributed by atoms with Gasteiger partial charge in [0.1, 0.15) is 0 Å². The Morgan fingerprint density at radius 1 is 0.962 bits per heavy atom. The predicted molar refractivity (Wildman–Crippen MR) is 104 cm³/mol. The third-order valence-corrected chi connectivity index (χ3v) is 5.31. The van der Waals surface area contributed by atoms with Crippen LogP contribution in [0.4, 0.5) is 0 Å². The zero-order valence-corrected chi connectivity index (χ0v) is 15.0. The smallest absolute Gasteiger partial charge is 0.222 e. The van der Waals surface area contributed by atoms with Gasteiger partial charge in [-0.15, -0.1) is 0 Å². The van der Waals surface area contributed by atoms with Gasteiger partial charge in [0.05, 0.1) is 0 Å². The maximum atomic E-state index is 12.5. The Balaban J connectivity index is 1.28. The van der Waals surface area contributed by atoms with E-state index in [4.69, 9.17) is 0 Å². The summed E-state index contributed by atoms with van der Waals surface area (Å²) in [4.78, 5) is 18.0. The van der Waals surface area contributed by atoms with Gasteiger partial charge in [0, 0.05) is 49.3 Å². The fourth-order valence-electron chi connectivity index (χ4n) is 3.78. The maximum Gasteiger partial charge on any atom is 0.222 e. The van der Waals surface area contributed by atoms with Gasteiger partial charge in [-0.05, 0) is 49.1 Å². The van der Waals surface area contributed by atoms with Gasteiger partial charge < -0.3 is 14.5 Å². The first-order chi connectivity index (χ1) is 12.8. The Kier molecular flexibility index (Phi) is 4.91. The summed E-state index contributed by atoms with van der Waals surface area (Å²) in [5, 5.41) is 0. The molecule has 1 aliphatic heterocycles. The molecule has 1 N–H and O–H groups in total. The molecule has 0 saturated carbocycles. The van der Waals surface area contributed by atoms with Crippen molar-refractivity contribution in [2.45, 2.75) is 31.7 Å². The van der Waals surface area contributed by atoms with Crippen LogP contribution in [0, 0.1) is 0 Å². The molecule has 1 aromatic carbocycles. The molecule has 4 heteroatoms. The van der Waals surface area contributed by atoms with Crippen molar-refractivity contribution in [1.29, 1.82) is 0 Å². The second kappa shape index (κ2) is 7.65. The molecule has 3 heterocycles. The van der Waals surface area contributed by atoms with Crippen molar-refractivity contribution in [3.63, 3.8) is 0 Å². The number of aromatic nitrogens is 2. The molecule has 1 saturated heterocycles. The summed E-state index contributed by atoms with van der Waals surface area (Å²) in [5.74, 6) is 0.270. The molecule has 134 valence electrons. The number of amides is 1. The number of carbonyl (C=O) groups excluding carboxylic acids is 1. The van der Waals surface area contributed by atoms with Gasteiger partial charge in [-0.3, -0.25) is 4.79 Å². The van der Waals surface area contributed by atoms with Gasteiger partial charge in [-0.1, -0.05) is 30.3 Å². The first-order valence-electron chi connectivity index (χ1n) is 9.43. The molecule has 0 unspecified atom stereocenters. The molecular formula is C22H25N3O. The molecule has 0 spiro atoms. The monoisotopic (exact) mass is 347 g/mol. The van der Waals surface area contributed by atoms with Gasteiger partial charge >= 0.3 is 0 Å². The first-order valence-corrected chi connectivity index (χ1v) is 9.43. The topological polar surface area (TPSA) is 41.0 Å². The van der Waals surface area contributed by atoms with E-state index in [9.17, 15) is 4.79 Å². The van der Waals surface area contributed by atoms with Gasteiger partial charge in [0.2, 0.25) is 5.91 Å². The first kappa shape index (κ1) is 16.7. The molecule has 3 aromatic rings. The molecule has 2 aromatic heterocycles. The average molecular weight is 347 g/mol. The molecule has 0 radical (unpaired) electrons. The van der Waals surface area contributed by atoms with Gasteiger partial charge in [0.15, 0.2) is 0 Å². The molecule has 1 aliphatic rings. The number of aryl methyl sites for hydroxylation is 1. The highest BCUT2D eigenvalue weighted by Gasteiger charge is 2.23. The lowest BCUT2D eigenvalue weighted by Crippen LogP contribution is -2.39. The van der Waals surface area contributed by atoms with Crippen LogP contribution in [0.25, 0.3) is 11.3 Å². The number of aromatic amines is 1. The van der Waals surface area contributed by atoms with E-state index >= 15 is 0 Å². The van der Waals surface area contributed by atoms with E-state index in [1.54, 1.807) is 0 Å². The summed E-state index contributed by atoms with van der Waals surface area (Å²) in [5.41, 5.74) is 3.41. The van der Waals surface area contributed by atoms with E-state index in [-0.39, 0.29) is 5.91 Å². The Labute approximate surface area is 154 Å². The van der Waals surface area contributed by atoms with E-state index in [2.05, 4.69) is 58.3 Å². The Morgan fingerprint density at radius 2 is 1.69 bits per heavy atom. The minimum Gasteiger partial charge on any atom is -0.358 e. The molecule has 0 aliphatic carbocycles. The average Bonchev–Trinajstić information content (AvgIpc) is 3.39. The second-order valence-electron chi connectivity index (χ2n) is 7.01. The number of H-pyrrole nitrogens is 1. The minimum atomic E-state index is 0.270. The molecule has 0 atom stereocenters. The van der Waals surface area contributed by atoms with Gasteiger partial charge in [-0.2, -0.15) is 0 Å². The predicted octanol–water partition coefficient (Wildman–Crippen LogP) is 4.28. The normalized spacial score (nSPS) is 15.3. The van der Waals surface area contributed by atoms with Crippen molar-refractivity contribution in [1.82, 2.24) is 14.5 Å². The summed E-state index contributed by atoms with van der Waals surface area (Å²) in [6.07, 6.45) is 7.67. The number of nitrogens with one attached hydrogen (secondary N) is 1. The standard InChI is InChI=1S/C22H25N3O/c26-22(25-16-12-20(13-17-25)24-14-4-5-15-24)11-9-19-8-10-21(23-19)18-6-2-1-3-7-18/h1-8,10,14-15,20,23H,9,11-13,16-17H2. The quantitative estimate of drug-likeness (QED) is 0.735. The summed E-state index contributed by atoms with van der Waals surface area (Å²) >= 11 is 0. The van der Waals surface area contributed by atoms with Crippen molar-refractivity contribution < 1.29 is 4.79 Å². The van der Waals surface area contributed by atoms with Crippen molar-refractivity contribution in [3.05, 3.63) is 72.7 Å². The molecule has 26 heavy (non-hydrogen) atoms. The van der Waals surface area contributed by atoms with Crippen molar-refractivity contribution in [2.24, 2.45) is 0 Å². The van der Waals surface area contributed by atoms with Crippen LogP contribution in [0.3, 0.4) is 0 Å². The summed E-state index contributed by atoms with van der Waals surface area (Å²) < 4.78 is 2.27. The summed E-state index contributed by atoms with van der Waals surface area (Å²) in [6.45, 7) is 1.73. The number of benzene rings is 1. The van der Waals surface area contributed by atoms with Crippen LogP contribution >= 0.6 is 0 Å². The van der Waals surface area contributed by atoms with Crippen LogP contribution in [0.1, 0.15) is 31.0 Å². The van der Waals surface area contributed by atoms with Crippen LogP contribution in [-0.4, -0.2) is 33.4 Å². The zero-order valence-electron chi connectivity index (χ0n) is 15.0. The maximum absolute atomic E-state index is 12.5. The Hall–Kier alpha value is -2.75. The van der Waals surface area contributed by atoms with Gasteiger partial charge in [-0.25, -0.2) is 0 Å². The number of carbonyl (C=O) groups is 1. The zero-order chi connectivity index (χ0) is 17.8. The lowest BCUT2D eigenvalue weighted by Gasteiger charge is -2.32. The number of rotatable bonds is 5. The van der Waals surface area contributed by atoms with E-state index in [1.165, 1.54) is 5.56 Å². The fraction of sp³-hybridized carbons (Fsp3) is 0.318. The minimum absolute atomic E-state index is 0.270. The summed E-state index contributed by atoms with van der Waals surface area (Å²) in [7, 11) is 0. The van der Waals surface area contributed by atoms with Crippen molar-refractivity contribution in [3.8, 4) is 11.3 Å². The van der Waals surface area contributed by atoms with Crippen LogP contribution in [-0.2, 0) is 11.2 Å². The molecular weight excluding hydrogens is 322 g/mol. The van der Waals surface area contributed by atoms with E-state index in [0.717, 1.165) is 43.7 Å². The summed E-state index contributed by atoms with van der Waals surface area (Å²) in [6, 6.07) is 19.1. The number of nitrogens with zero attached hydrogens (tertiary/aromatic N) is 2. The van der Waals surface area contributed by atoms with Crippen LogP contribution in [0.5, 0.6) is 0 Å². The Bertz CT molecular complexity index is 827. The molecule has 4 rings (SSSR count). The highest BCUT2D eigenvalue weighted by molar-refractivity contribution is 5.76. The van der Waals surface area contributed by atoms with Gasteiger partial charge in [0.25, 0.3) is 0 Å². The number of hydrogen-bond acceptors (Lipinski definition) is 1. The lowest BCUT2D eigenvalue weighted by molar-refractivity contribution is -0.132. The highest BCUT2D eigenvalue weighted by atomic mass is 16.2. The van der Waals surface area contributed by atoms with E-state index in [0.29, 0.717) is 12.5 Å². The van der Waals surface area contributed by atoms with Crippen molar-refractivity contribution >= 4 is 5.91 Å². The number of likely N-dealkylation sites (tertiary alicyclic amines) is 1. The molecule has 0 bridgehead atoms. The third-order valence-electron chi connectivity index (χ3n) is 5.31.